The molecule has 10 heteroatoms. The maximum Gasteiger partial charge on any atom is 0.388 e. The first-order valence-electron chi connectivity index (χ1n) is 11.2. The van der Waals surface area contributed by atoms with E-state index in [4.69, 9.17) is 16.6 Å². The molecule has 0 unspecified atom stereocenters. The molecule has 0 spiro atoms. The van der Waals surface area contributed by atoms with Gasteiger partial charge in [0, 0.05) is 55.4 Å². The summed E-state index contributed by atoms with van der Waals surface area (Å²) < 4.78 is 32.2. The van der Waals surface area contributed by atoms with Crippen molar-refractivity contribution < 1.29 is 18.3 Å². The average Bonchev–Trinajstić information content (AvgIpc) is 3.23. The number of aromatic nitrogens is 3. The quantitative estimate of drug-likeness (QED) is 0.430. The number of amides is 1. The molecule has 3 aromatic heterocycles. The number of benzene rings is 1. The van der Waals surface area contributed by atoms with E-state index in [0.29, 0.717) is 43.2 Å². The monoisotopic (exact) mass is 497 g/mol. The van der Waals surface area contributed by atoms with Crippen LogP contribution in [0.25, 0.3) is 16.9 Å². The largest absolute Gasteiger partial charge is 0.417 e. The van der Waals surface area contributed by atoms with Gasteiger partial charge in [-0.05, 0) is 29.8 Å². The Morgan fingerprint density at radius 1 is 1.06 bits per heavy atom. The molecule has 0 aliphatic carbocycles. The molecule has 0 atom stereocenters. The van der Waals surface area contributed by atoms with Gasteiger partial charge >= 0.3 is 6.61 Å². The lowest BCUT2D eigenvalue weighted by Crippen LogP contribution is -2.46. The molecule has 4 aromatic rings. The first-order valence-corrected chi connectivity index (χ1v) is 11.5. The topological polar surface area (TPSA) is 71.8 Å². The highest BCUT2D eigenvalue weighted by Crippen LogP contribution is 2.29. The number of ether oxygens (including phenoxy) is 1. The summed E-state index contributed by atoms with van der Waals surface area (Å²) in [5.41, 5.74) is 3.87. The van der Waals surface area contributed by atoms with E-state index in [0.717, 1.165) is 22.6 Å². The highest BCUT2D eigenvalue weighted by molar-refractivity contribution is 6.30. The van der Waals surface area contributed by atoms with Crippen molar-refractivity contribution in [2.45, 2.75) is 13.0 Å². The molecule has 4 heterocycles. The summed E-state index contributed by atoms with van der Waals surface area (Å²) in [6, 6.07) is 16.0. The van der Waals surface area contributed by atoms with Gasteiger partial charge in [0.1, 0.15) is 11.3 Å². The van der Waals surface area contributed by atoms with Gasteiger partial charge < -0.3 is 19.4 Å². The minimum atomic E-state index is -3.04. The summed E-state index contributed by atoms with van der Waals surface area (Å²) in [7, 11) is 0. The number of alkyl halides is 2. The number of nitrogens with one attached hydrogen (secondary N) is 1. The molecule has 1 N–H and O–H groups in total. The number of hydrogen-bond acceptors (Lipinski definition) is 5. The van der Waals surface area contributed by atoms with Crippen LogP contribution in [0.3, 0.4) is 0 Å². The second kappa shape index (κ2) is 9.97. The third-order valence-corrected chi connectivity index (χ3v) is 6.13. The summed E-state index contributed by atoms with van der Waals surface area (Å²) in [6.45, 7) is -0.715. The van der Waals surface area contributed by atoms with Crippen LogP contribution in [-0.4, -0.2) is 58.0 Å². The smallest absolute Gasteiger partial charge is 0.388 e. The zero-order valence-corrected chi connectivity index (χ0v) is 19.4. The Balaban J connectivity index is 1.60. The summed E-state index contributed by atoms with van der Waals surface area (Å²) in [6.07, 6.45) is 2.20. The molecule has 0 saturated carbocycles. The van der Waals surface area contributed by atoms with Gasteiger partial charge in [-0.3, -0.25) is 4.79 Å². The molecule has 0 bridgehead atoms. The molecule has 1 aromatic carbocycles. The molecule has 1 amide bonds. The van der Waals surface area contributed by atoms with Crippen LogP contribution < -0.4 is 10.1 Å². The van der Waals surface area contributed by atoms with Crippen molar-refractivity contribution in [2.75, 3.05) is 26.2 Å². The third-order valence-electron chi connectivity index (χ3n) is 5.87. The van der Waals surface area contributed by atoms with E-state index in [1.165, 1.54) is 6.07 Å². The summed E-state index contributed by atoms with van der Waals surface area (Å²) in [5, 5.41) is 3.81. The Hall–Kier alpha value is -3.56. The molecule has 1 aliphatic rings. The Bertz CT molecular complexity index is 1350. The van der Waals surface area contributed by atoms with Gasteiger partial charge in [-0.15, -0.1) is 0 Å². The van der Waals surface area contributed by atoms with Gasteiger partial charge in [0.25, 0.3) is 5.91 Å². The molecule has 1 aliphatic heterocycles. The number of carbonyl (C=O) groups is 1. The molecular weight excluding hydrogens is 476 g/mol. The number of piperazine rings is 1. The van der Waals surface area contributed by atoms with Crippen LogP contribution in [0.1, 0.15) is 21.7 Å². The van der Waals surface area contributed by atoms with Crippen LogP contribution >= 0.6 is 11.6 Å². The Kier molecular flexibility index (Phi) is 6.61. The maximum atomic E-state index is 13.4. The molecular formula is C25H22ClF2N5O2. The molecule has 35 heavy (non-hydrogen) atoms. The van der Waals surface area contributed by atoms with Crippen molar-refractivity contribution in [3.63, 3.8) is 0 Å². The first-order chi connectivity index (χ1) is 17.0. The van der Waals surface area contributed by atoms with Crippen LogP contribution in [0.15, 0.2) is 60.8 Å². The minimum Gasteiger partial charge on any atom is -0.417 e. The summed E-state index contributed by atoms with van der Waals surface area (Å²) in [5.74, 6) is -0.610. The minimum absolute atomic E-state index is 0.0954. The lowest BCUT2D eigenvalue weighted by atomic mass is 10.0. The van der Waals surface area contributed by atoms with Crippen LogP contribution in [0.5, 0.6) is 5.88 Å². The standard InChI is InChI=1S/C25H22ClF2N5O2/c26-18-7-4-16(5-8-18)22-19(33-12-2-1-3-20(33)30-22)15-17-6-9-21(35-25(27)28)31-23(17)24(34)32-13-10-29-11-14-32/h1-9,12,25,29H,10-11,13-15H2. The van der Waals surface area contributed by atoms with Crippen molar-refractivity contribution in [2.24, 2.45) is 0 Å². The number of rotatable bonds is 6. The highest BCUT2D eigenvalue weighted by atomic mass is 35.5. The van der Waals surface area contributed by atoms with Gasteiger partial charge in [0.2, 0.25) is 5.88 Å². The van der Waals surface area contributed by atoms with E-state index in [2.05, 4.69) is 15.0 Å². The van der Waals surface area contributed by atoms with Crippen LogP contribution in [0.2, 0.25) is 5.02 Å². The Labute approximate surface area is 205 Å². The predicted molar refractivity (Wildman–Crippen MR) is 128 cm³/mol. The van der Waals surface area contributed by atoms with Gasteiger partial charge in [0.05, 0.1) is 11.4 Å². The molecule has 7 nitrogen and oxygen atoms in total. The normalized spacial score (nSPS) is 14.0. The number of fused-ring (bicyclic) bond motifs is 1. The number of nitrogens with zero attached hydrogens (tertiary/aromatic N) is 4. The lowest BCUT2D eigenvalue weighted by molar-refractivity contribution is -0.0530. The van der Waals surface area contributed by atoms with E-state index < -0.39 is 6.61 Å². The molecule has 1 fully saturated rings. The molecule has 0 radical (unpaired) electrons. The van der Waals surface area contributed by atoms with Crippen LogP contribution in [-0.2, 0) is 6.42 Å². The molecule has 5 rings (SSSR count). The Morgan fingerprint density at radius 3 is 2.57 bits per heavy atom. The molecule has 180 valence electrons. The lowest BCUT2D eigenvalue weighted by Gasteiger charge is -2.27. The number of imidazole rings is 1. The van der Waals surface area contributed by atoms with E-state index in [1.807, 2.05) is 40.9 Å². The van der Waals surface area contributed by atoms with E-state index in [9.17, 15) is 13.6 Å². The van der Waals surface area contributed by atoms with Crippen molar-refractivity contribution in [3.05, 3.63) is 82.8 Å². The third kappa shape index (κ3) is 4.96. The summed E-state index contributed by atoms with van der Waals surface area (Å²) in [4.78, 5) is 24.1. The summed E-state index contributed by atoms with van der Waals surface area (Å²) >= 11 is 6.08. The number of hydrogen-bond donors (Lipinski definition) is 1. The van der Waals surface area contributed by atoms with Crippen molar-refractivity contribution >= 4 is 23.2 Å². The fraction of sp³-hybridized carbons (Fsp3) is 0.240. The Morgan fingerprint density at radius 2 is 1.83 bits per heavy atom. The van der Waals surface area contributed by atoms with Crippen molar-refractivity contribution in [1.29, 1.82) is 0 Å². The SMILES string of the molecule is O=C(c1nc(OC(F)F)ccc1Cc1c(-c2ccc(Cl)cc2)nc2ccccn12)N1CCNCC1. The average molecular weight is 498 g/mol. The van der Waals surface area contributed by atoms with E-state index >= 15 is 0 Å². The van der Waals surface area contributed by atoms with Crippen molar-refractivity contribution in [3.8, 4) is 17.1 Å². The van der Waals surface area contributed by atoms with E-state index in [1.54, 1.807) is 23.1 Å². The zero-order chi connectivity index (χ0) is 24.4. The number of pyridine rings is 2. The maximum absolute atomic E-state index is 13.4. The van der Waals surface area contributed by atoms with Gasteiger partial charge in [-0.1, -0.05) is 35.9 Å². The van der Waals surface area contributed by atoms with Crippen molar-refractivity contribution in [1.82, 2.24) is 24.6 Å². The number of carbonyl (C=O) groups excluding carboxylic acids is 1. The second-order valence-electron chi connectivity index (χ2n) is 8.10. The first kappa shape index (κ1) is 23.2. The predicted octanol–water partition coefficient (Wildman–Crippen LogP) is 4.29. The van der Waals surface area contributed by atoms with Gasteiger partial charge in [-0.25, -0.2) is 9.97 Å². The second-order valence-corrected chi connectivity index (χ2v) is 8.53. The fourth-order valence-corrected chi connectivity index (χ4v) is 4.33. The van der Waals surface area contributed by atoms with Crippen LogP contribution in [0, 0.1) is 0 Å². The van der Waals surface area contributed by atoms with Gasteiger partial charge in [-0.2, -0.15) is 8.78 Å². The molecule has 1 saturated heterocycles. The zero-order valence-electron chi connectivity index (χ0n) is 18.6. The van der Waals surface area contributed by atoms with Crippen LogP contribution in [0.4, 0.5) is 8.78 Å². The fourth-order valence-electron chi connectivity index (χ4n) is 4.21. The van der Waals surface area contributed by atoms with Gasteiger partial charge in [0.15, 0.2) is 0 Å². The number of halogens is 3. The van der Waals surface area contributed by atoms with E-state index in [-0.39, 0.29) is 17.5 Å². The highest BCUT2D eigenvalue weighted by Gasteiger charge is 2.25.